The number of nitrogens with zero attached hydrogens (tertiary/aromatic N) is 3. The molecule has 36 heavy (non-hydrogen) atoms. The van der Waals surface area contributed by atoms with Crippen LogP contribution in [0.4, 0.5) is 11.4 Å². The summed E-state index contributed by atoms with van der Waals surface area (Å²) in [6.45, 7) is 8.04. The molecule has 1 N–H and O–H groups in total. The van der Waals surface area contributed by atoms with E-state index in [2.05, 4.69) is 21.9 Å². The van der Waals surface area contributed by atoms with Crippen molar-refractivity contribution in [2.45, 2.75) is 13.8 Å². The van der Waals surface area contributed by atoms with Crippen molar-refractivity contribution in [3.63, 3.8) is 0 Å². The number of aromatic nitrogens is 2. The van der Waals surface area contributed by atoms with Gasteiger partial charge in [-0.25, -0.2) is 4.21 Å². The Morgan fingerprint density at radius 1 is 1.11 bits per heavy atom. The molecule has 1 fully saturated rings. The number of carbonyl (C=O) groups excluding carboxylic acids is 1. The molecule has 1 amide bonds. The number of ether oxygens (including phenoxy) is 1. The van der Waals surface area contributed by atoms with Gasteiger partial charge < -0.3 is 10.1 Å². The molecule has 0 aliphatic carbocycles. The highest BCUT2D eigenvalue weighted by molar-refractivity contribution is 7.86. The third-order valence-electron chi connectivity index (χ3n) is 5.55. The van der Waals surface area contributed by atoms with Gasteiger partial charge in [-0.1, -0.05) is 12.1 Å². The molecule has 1 aliphatic rings. The first-order chi connectivity index (χ1) is 17.5. The Balaban J connectivity index is 0.000000967. The molecule has 3 heterocycles. The summed E-state index contributed by atoms with van der Waals surface area (Å²) in [4.78, 5) is 21.9. The van der Waals surface area contributed by atoms with E-state index < -0.39 is 11.0 Å². The van der Waals surface area contributed by atoms with Gasteiger partial charge in [-0.05, 0) is 74.0 Å². The molecular formula is C28H28N4O3S. The zero-order chi connectivity index (χ0) is 25.5. The van der Waals surface area contributed by atoms with Crippen LogP contribution in [0.2, 0.25) is 0 Å². The molecule has 7 nitrogen and oxygen atoms in total. The maximum atomic E-state index is 12.9. The van der Waals surface area contributed by atoms with Crippen LogP contribution >= 0.6 is 0 Å². The maximum Gasteiger partial charge on any atom is 0.255 e. The fraction of sp³-hybridized carbons (Fsp3) is 0.179. The minimum absolute atomic E-state index is 0.222. The van der Waals surface area contributed by atoms with Crippen LogP contribution in [0.15, 0.2) is 85.7 Å². The predicted molar refractivity (Wildman–Crippen MR) is 146 cm³/mol. The Bertz CT molecular complexity index is 1400. The largest absolute Gasteiger partial charge is 0.359 e. The molecule has 4 aromatic rings. The molecule has 0 spiro atoms. The fourth-order valence-electron chi connectivity index (χ4n) is 3.79. The number of anilines is 2. The Hall–Kier alpha value is -3.88. The van der Waals surface area contributed by atoms with Gasteiger partial charge in [0.2, 0.25) is 0 Å². The Kier molecular flexibility index (Phi) is 8.20. The molecule has 8 heteroatoms. The summed E-state index contributed by atoms with van der Waals surface area (Å²) in [5.41, 5.74) is 5.65. The molecule has 0 bridgehead atoms. The summed E-state index contributed by atoms with van der Waals surface area (Å²) < 4.78 is 19.3. The van der Waals surface area contributed by atoms with Crippen LogP contribution in [0.1, 0.15) is 22.8 Å². The van der Waals surface area contributed by atoms with Crippen LogP contribution in [0.5, 0.6) is 0 Å². The lowest BCUT2D eigenvalue weighted by molar-refractivity contribution is 0.102. The summed E-state index contributed by atoms with van der Waals surface area (Å²) in [6.07, 6.45) is 5.26. The predicted octanol–water partition coefficient (Wildman–Crippen LogP) is 5.51. The van der Waals surface area contributed by atoms with Crippen molar-refractivity contribution in [1.29, 1.82) is 0 Å². The number of fused-ring (bicyclic) bond motifs is 1. The fourth-order valence-corrected chi connectivity index (χ4v) is 4.82. The molecule has 0 saturated carbocycles. The first-order valence-electron chi connectivity index (χ1n) is 11.5. The van der Waals surface area contributed by atoms with Gasteiger partial charge in [-0.2, -0.15) is 0 Å². The van der Waals surface area contributed by atoms with E-state index in [4.69, 9.17) is 4.74 Å². The van der Waals surface area contributed by atoms with E-state index in [0.29, 0.717) is 23.6 Å². The van der Waals surface area contributed by atoms with E-state index in [0.717, 1.165) is 33.4 Å². The molecule has 2 aromatic carbocycles. The third kappa shape index (κ3) is 5.67. The van der Waals surface area contributed by atoms with Crippen LogP contribution in [-0.4, -0.2) is 39.2 Å². The van der Waals surface area contributed by atoms with Crippen molar-refractivity contribution in [2.24, 2.45) is 0 Å². The van der Waals surface area contributed by atoms with Crippen LogP contribution in [0.25, 0.3) is 22.2 Å². The first kappa shape index (κ1) is 25.2. The van der Waals surface area contributed by atoms with Crippen LogP contribution in [0.3, 0.4) is 0 Å². The summed E-state index contributed by atoms with van der Waals surface area (Å²) in [7, 11) is -1.11. The highest BCUT2D eigenvalue weighted by Gasteiger charge is 2.19. The SMILES string of the molecule is C=CC.Cc1ccc(NC(=O)c2ccc(N3COCCS3=O)cc2)cc1-c1nccc2ncccc12. The number of aryl methyl sites for hydroxylation is 1. The number of rotatable bonds is 4. The average Bonchev–Trinajstić information content (AvgIpc) is 2.90. The second kappa shape index (κ2) is 11.7. The van der Waals surface area contributed by atoms with Gasteiger partial charge in [0, 0.05) is 34.6 Å². The van der Waals surface area contributed by atoms with Crippen molar-refractivity contribution in [3.8, 4) is 11.3 Å². The number of allylic oxidation sites excluding steroid dienone is 1. The second-order valence-electron chi connectivity index (χ2n) is 8.11. The Morgan fingerprint density at radius 3 is 2.64 bits per heavy atom. The minimum atomic E-state index is -1.11. The van der Waals surface area contributed by atoms with Crippen LogP contribution in [-0.2, 0) is 15.7 Å². The standard InChI is InChI=1S/C25H22N4O3S.C3H6/c1-17-4-7-19(15-22(17)24-21-3-2-11-26-23(21)10-12-27-24)28-25(30)18-5-8-20(9-6-18)29-16-32-13-14-33(29)31;1-3-2/h2-12,15H,13-14,16H2,1H3,(H,28,30);3H,1H2,2H3. The number of benzene rings is 2. The Morgan fingerprint density at radius 2 is 1.89 bits per heavy atom. The normalized spacial score (nSPS) is 15.1. The number of carbonyl (C=O) groups is 1. The molecule has 1 aliphatic heterocycles. The lowest BCUT2D eigenvalue weighted by Crippen LogP contribution is -2.36. The molecule has 5 rings (SSSR count). The van der Waals surface area contributed by atoms with E-state index >= 15 is 0 Å². The summed E-state index contributed by atoms with van der Waals surface area (Å²) in [5, 5.41) is 3.93. The van der Waals surface area contributed by atoms with E-state index in [1.807, 2.05) is 50.2 Å². The number of hydrogen-bond acceptors (Lipinski definition) is 5. The van der Waals surface area contributed by atoms with E-state index in [1.165, 1.54) is 0 Å². The maximum absolute atomic E-state index is 12.9. The van der Waals surface area contributed by atoms with Gasteiger partial charge in [0.25, 0.3) is 5.91 Å². The van der Waals surface area contributed by atoms with Crippen LogP contribution < -0.4 is 9.62 Å². The Labute approximate surface area is 213 Å². The molecule has 0 radical (unpaired) electrons. The van der Waals surface area contributed by atoms with E-state index in [9.17, 15) is 9.00 Å². The van der Waals surface area contributed by atoms with Gasteiger partial charge >= 0.3 is 0 Å². The zero-order valence-electron chi connectivity index (χ0n) is 20.3. The molecule has 1 saturated heterocycles. The van der Waals surface area contributed by atoms with Crippen molar-refractivity contribution in [2.75, 3.05) is 28.7 Å². The number of pyridine rings is 2. The molecule has 2 aromatic heterocycles. The summed E-state index contributed by atoms with van der Waals surface area (Å²) >= 11 is 0. The summed E-state index contributed by atoms with van der Waals surface area (Å²) in [5.74, 6) is 0.250. The lowest BCUT2D eigenvalue weighted by atomic mass is 10.0. The molecule has 184 valence electrons. The molecule has 1 atom stereocenters. The van der Waals surface area contributed by atoms with Crippen molar-refractivity contribution in [1.82, 2.24) is 9.97 Å². The number of nitrogens with one attached hydrogen (secondary N) is 1. The monoisotopic (exact) mass is 500 g/mol. The smallest absolute Gasteiger partial charge is 0.255 e. The minimum Gasteiger partial charge on any atom is -0.359 e. The van der Waals surface area contributed by atoms with Gasteiger partial charge in [0.05, 0.1) is 29.3 Å². The topological polar surface area (TPSA) is 84.4 Å². The van der Waals surface area contributed by atoms with E-state index in [-0.39, 0.29) is 12.6 Å². The van der Waals surface area contributed by atoms with Gasteiger partial charge in [0.1, 0.15) is 17.7 Å². The highest BCUT2D eigenvalue weighted by atomic mass is 32.2. The summed E-state index contributed by atoms with van der Waals surface area (Å²) in [6, 6.07) is 18.6. The molecule has 1 unspecified atom stereocenters. The van der Waals surface area contributed by atoms with Crippen molar-refractivity contribution < 1.29 is 13.7 Å². The average molecular weight is 501 g/mol. The zero-order valence-corrected chi connectivity index (χ0v) is 21.1. The quantitative estimate of drug-likeness (QED) is 0.374. The van der Waals surface area contributed by atoms with Crippen molar-refractivity contribution in [3.05, 3.63) is 96.8 Å². The van der Waals surface area contributed by atoms with Gasteiger partial charge in [-0.15, -0.1) is 6.58 Å². The first-order valence-corrected chi connectivity index (χ1v) is 12.8. The highest BCUT2D eigenvalue weighted by Crippen LogP contribution is 2.30. The molecular weight excluding hydrogens is 472 g/mol. The third-order valence-corrected chi connectivity index (χ3v) is 6.88. The van der Waals surface area contributed by atoms with Gasteiger partial charge in [0.15, 0.2) is 0 Å². The number of amides is 1. The van der Waals surface area contributed by atoms with Crippen LogP contribution in [0, 0.1) is 6.92 Å². The number of hydrogen-bond donors (Lipinski definition) is 1. The van der Waals surface area contributed by atoms with E-state index in [1.54, 1.807) is 47.0 Å². The van der Waals surface area contributed by atoms with Gasteiger partial charge in [-0.3, -0.25) is 19.1 Å². The second-order valence-corrected chi connectivity index (χ2v) is 9.60. The van der Waals surface area contributed by atoms with Crippen molar-refractivity contribution >= 4 is 39.2 Å². The lowest BCUT2D eigenvalue weighted by Gasteiger charge is -2.27.